The first-order valence-corrected chi connectivity index (χ1v) is 10.4. The van der Waals surface area contributed by atoms with Gasteiger partial charge >= 0.3 is 0 Å². The van der Waals surface area contributed by atoms with E-state index < -0.39 is 0 Å². The molecule has 3 rings (SSSR count). The number of hydrogen-bond acceptors (Lipinski definition) is 1. The van der Waals surface area contributed by atoms with Crippen molar-refractivity contribution in [3.63, 3.8) is 0 Å². The van der Waals surface area contributed by atoms with Gasteiger partial charge in [0.1, 0.15) is 0 Å². The minimum absolute atomic E-state index is 0.140. The van der Waals surface area contributed by atoms with E-state index in [2.05, 4.69) is 62.4 Å². The monoisotopic (exact) mass is 383 g/mol. The number of hydrogen-bond donors (Lipinski definition) is 0. The molecule has 0 aliphatic carbocycles. The fourth-order valence-electron chi connectivity index (χ4n) is 3.52. The maximum atomic E-state index is 13.6. The first kappa shape index (κ1) is 20.6. The number of anilines is 1. The maximum Gasteiger partial charge on any atom is 0.234 e. The molecule has 0 spiro atoms. The molecular weight excluding hydrogens is 354 g/mol. The third-order valence-corrected chi connectivity index (χ3v) is 5.23. The standard InChI is InChI=1S/C27H29NO/c1-3-22-17-19-25(20-18-22)28(21-11-14-23-12-7-5-8-13-23)27(29)26(4-2)24-15-9-6-10-16-24/h5-20,26H,3-4,21H2,1-2H3/b14-11+. The van der Waals surface area contributed by atoms with Crippen LogP contribution in [0.5, 0.6) is 0 Å². The van der Waals surface area contributed by atoms with Crippen LogP contribution in [0.25, 0.3) is 6.08 Å². The number of aryl methyl sites for hydroxylation is 1. The van der Waals surface area contributed by atoms with Crippen LogP contribution in [0.2, 0.25) is 0 Å². The van der Waals surface area contributed by atoms with Crippen LogP contribution in [0, 0.1) is 0 Å². The normalized spacial score (nSPS) is 12.1. The first-order valence-electron chi connectivity index (χ1n) is 10.4. The summed E-state index contributed by atoms with van der Waals surface area (Å²) in [6, 6.07) is 28.6. The van der Waals surface area contributed by atoms with Crippen molar-refractivity contribution >= 4 is 17.7 Å². The molecule has 0 saturated heterocycles. The van der Waals surface area contributed by atoms with Gasteiger partial charge in [-0.05, 0) is 41.7 Å². The summed E-state index contributed by atoms with van der Waals surface area (Å²) in [4.78, 5) is 15.5. The van der Waals surface area contributed by atoms with Gasteiger partial charge in [-0.15, -0.1) is 0 Å². The molecule has 3 aromatic carbocycles. The Bertz CT molecular complexity index is 914. The molecule has 1 amide bonds. The Labute approximate surface area is 174 Å². The lowest BCUT2D eigenvalue weighted by molar-refractivity contribution is -0.120. The van der Waals surface area contributed by atoms with Gasteiger partial charge in [0.05, 0.1) is 5.92 Å². The zero-order chi connectivity index (χ0) is 20.5. The molecule has 0 aromatic heterocycles. The average Bonchev–Trinajstić information content (AvgIpc) is 2.79. The van der Waals surface area contributed by atoms with E-state index in [1.54, 1.807) is 0 Å². The minimum Gasteiger partial charge on any atom is -0.308 e. The van der Waals surface area contributed by atoms with Crippen molar-refractivity contribution in [3.8, 4) is 0 Å². The highest BCUT2D eigenvalue weighted by atomic mass is 16.2. The second-order valence-corrected chi connectivity index (χ2v) is 7.15. The second kappa shape index (κ2) is 10.4. The number of benzene rings is 3. The van der Waals surface area contributed by atoms with Crippen molar-refractivity contribution < 1.29 is 4.79 Å². The maximum absolute atomic E-state index is 13.6. The number of amides is 1. The number of carbonyl (C=O) groups is 1. The van der Waals surface area contributed by atoms with Gasteiger partial charge in [-0.1, -0.05) is 98.8 Å². The summed E-state index contributed by atoms with van der Waals surface area (Å²) in [5.74, 6) is -0.00663. The van der Waals surface area contributed by atoms with Gasteiger partial charge in [0, 0.05) is 12.2 Å². The lowest BCUT2D eigenvalue weighted by Crippen LogP contribution is -2.35. The van der Waals surface area contributed by atoms with Crippen molar-refractivity contribution in [2.24, 2.45) is 0 Å². The van der Waals surface area contributed by atoms with Crippen molar-refractivity contribution in [2.75, 3.05) is 11.4 Å². The molecule has 1 unspecified atom stereocenters. The molecule has 29 heavy (non-hydrogen) atoms. The van der Waals surface area contributed by atoms with Crippen LogP contribution in [0.4, 0.5) is 5.69 Å². The van der Waals surface area contributed by atoms with Crippen LogP contribution in [0.3, 0.4) is 0 Å². The van der Waals surface area contributed by atoms with Crippen molar-refractivity contribution in [1.29, 1.82) is 0 Å². The first-order chi connectivity index (χ1) is 14.2. The Hall–Kier alpha value is -3.13. The summed E-state index contributed by atoms with van der Waals surface area (Å²) in [7, 11) is 0. The summed E-state index contributed by atoms with van der Waals surface area (Å²) in [5, 5.41) is 0. The van der Waals surface area contributed by atoms with Crippen LogP contribution in [0.15, 0.2) is 91.0 Å². The van der Waals surface area contributed by atoms with Gasteiger partial charge in [0.25, 0.3) is 0 Å². The summed E-state index contributed by atoms with van der Waals surface area (Å²) >= 11 is 0. The average molecular weight is 384 g/mol. The van der Waals surface area contributed by atoms with E-state index in [0.717, 1.165) is 29.7 Å². The molecule has 0 fully saturated rings. The molecule has 0 bridgehead atoms. The SMILES string of the molecule is CCc1ccc(N(C/C=C/c2ccccc2)C(=O)C(CC)c2ccccc2)cc1. The van der Waals surface area contributed by atoms with E-state index in [4.69, 9.17) is 0 Å². The van der Waals surface area contributed by atoms with Crippen molar-refractivity contribution in [1.82, 2.24) is 0 Å². The van der Waals surface area contributed by atoms with Crippen LogP contribution in [-0.4, -0.2) is 12.5 Å². The highest BCUT2D eigenvalue weighted by molar-refractivity contribution is 5.98. The predicted octanol–water partition coefficient (Wildman–Crippen LogP) is 6.49. The Morgan fingerprint density at radius 1 is 0.862 bits per heavy atom. The summed E-state index contributed by atoms with van der Waals surface area (Å²) in [6.45, 7) is 4.76. The molecule has 0 aliphatic rings. The Morgan fingerprint density at radius 2 is 1.48 bits per heavy atom. The van der Waals surface area contributed by atoms with E-state index in [-0.39, 0.29) is 11.8 Å². The smallest absolute Gasteiger partial charge is 0.234 e. The topological polar surface area (TPSA) is 20.3 Å². The van der Waals surface area contributed by atoms with Crippen molar-refractivity contribution in [2.45, 2.75) is 32.6 Å². The zero-order valence-corrected chi connectivity index (χ0v) is 17.3. The lowest BCUT2D eigenvalue weighted by atomic mass is 9.94. The second-order valence-electron chi connectivity index (χ2n) is 7.15. The number of rotatable bonds is 8. The van der Waals surface area contributed by atoms with Crippen LogP contribution < -0.4 is 4.90 Å². The van der Waals surface area contributed by atoms with Gasteiger partial charge in [0.2, 0.25) is 5.91 Å². The third kappa shape index (κ3) is 5.45. The van der Waals surface area contributed by atoms with E-state index in [9.17, 15) is 4.79 Å². The highest BCUT2D eigenvalue weighted by Crippen LogP contribution is 2.26. The molecule has 2 heteroatoms. The molecule has 3 aromatic rings. The third-order valence-electron chi connectivity index (χ3n) is 5.23. The van der Waals surface area contributed by atoms with Gasteiger partial charge < -0.3 is 4.90 Å². The van der Waals surface area contributed by atoms with E-state index in [1.807, 2.05) is 53.4 Å². The van der Waals surface area contributed by atoms with Crippen LogP contribution >= 0.6 is 0 Å². The van der Waals surface area contributed by atoms with E-state index >= 15 is 0 Å². The molecule has 0 saturated carbocycles. The van der Waals surface area contributed by atoms with Gasteiger partial charge in [-0.25, -0.2) is 0 Å². The Morgan fingerprint density at radius 3 is 2.07 bits per heavy atom. The van der Waals surface area contributed by atoms with E-state index in [0.29, 0.717) is 6.54 Å². The van der Waals surface area contributed by atoms with Crippen molar-refractivity contribution in [3.05, 3.63) is 108 Å². The molecular formula is C27H29NO. The van der Waals surface area contributed by atoms with E-state index in [1.165, 1.54) is 5.56 Å². The molecule has 148 valence electrons. The molecule has 1 atom stereocenters. The fraction of sp³-hybridized carbons (Fsp3) is 0.222. The quantitative estimate of drug-likeness (QED) is 0.435. The Balaban J connectivity index is 1.88. The van der Waals surface area contributed by atoms with Crippen LogP contribution in [-0.2, 0) is 11.2 Å². The number of nitrogens with zero attached hydrogens (tertiary/aromatic N) is 1. The Kier molecular flexibility index (Phi) is 7.40. The predicted molar refractivity (Wildman–Crippen MR) is 123 cm³/mol. The summed E-state index contributed by atoms with van der Waals surface area (Å²) in [6.07, 6.45) is 5.90. The largest absolute Gasteiger partial charge is 0.308 e. The number of carbonyl (C=O) groups excluding carboxylic acids is 1. The van der Waals surface area contributed by atoms with Crippen LogP contribution in [0.1, 0.15) is 42.9 Å². The van der Waals surface area contributed by atoms with Gasteiger partial charge in [0.15, 0.2) is 0 Å². The fourth-order valence-corrected chi connectivity index (χ4v) is 3.52. The molecule has 0 radical (unpaired) electrons. The zero-order valence-electron chi connectivity index (χ0n) is 17.3. The molecule has 0 aliphatic heterocycles. The van der Waals surface area contributed by atoms with Gasteiger partial charge in [-0.3, -0.25) is 4.79 Å². The molecule has 2 nitrogen and oxygen atoms in total. The lowest BCUT2D eigenvalue weighted by Gasteiger charge is -2.26. The minimum atomic E-state index is -0.146. The van der Waals surface area contributed by atoms with Gasteiger partial charge in [-0.2, -0.15) is 0 Å². The molecule has 0 heterocycles. The highest BCUT2D eigenvalue weighted by Gasteiger charge is 2.24. The summed E-state index contributed by atoms with van der Waals surface area (Å²) < 4.78 is 0. The molecule has 0 N–H and O–H groups in total. The summed E-state index contributed by atoms with van der Waals surface area (Å²) in [5.41, 5.74) is 4.42.